The molecule has 0 spiro atoms. The lowest BCUT2D eigenvalue weighted by atomic mass is 10.2. The molecule has 0 heterocycles. The maximum Gasteiger partial charge on any atom is 0.508 e. The van der Waals surface area contributed by atoms with E-state index >= 15 is 0 Å². The molecule has 3 heteroatoms. The number of hydrogen-bond donors (Lipinski definition) is 0. The van der Waals surface area contributed by atoms with Gasteiger partial charge in [0.1, 0.15) is 0 Å². The lowest BCUT2D eigenvalue weighted by Crippen LogP contribution is -2.08. The first-order valence-corrected chi connectivity index (χ1v) is 4.47. The Balaban J connectivity index is 2.04. The average Bonchev–Trinajstić information content (AvgIpc) is 2.57. The fraction of sp³-hybridized carbons (Fsp3) is 0.500. The van der Waals surface area contributed by atoms with Crippen molar-refractivity contribution in [3.8, 4) is 0 Å². The second kappa shape index (κ2) is 5.41. The molecule has 13 heavy (non-hydrogen) atoms. The van der Waals surface area contributed by atoms with E-state index in [0.717, 1.165) is 12.8 Å². The summed E-state index contributed by atoms with van der Waals surface area (Å²) in [5.74, 6) is 0. The van der Waals surface area contributed by atoms with Crippen LogP contribution in [0.25, 0.3) is 0 Å². The molecule has 0 bridgehead atoms. The zero-order valence-electron chi connectivity index (χ0n) is 7.79. The van der Waals surface area contributed by atoms with Crippen LogP contribution in [0.1, 0.15) is 19.8 Å². The Bertz CT molecular complexity index is 228. The van der Waals surface area contributed by atoms with Gasteiger partial charge in [0, 0.05) is 6.42 Å². The second-order valence-electron chi connectivity index (χ2n) is 2.74. The minimum Gasteiger partial charge on any atom is -0.435 e. The standard InChI is InChI=1S/C10H14O3/c1-2-12-10(11)13-8-7-9-5-3-4-6-9/h3-5H,2,6-8H2,1H3. The zero-order valence-corrected chi connectivity index (χ0v) is 7.79. The Hall–Kier alpha value is -1.25. The molecule has 0 aromatic carbocycles. The van der Waals surface area contributed by atoms with Crippen molar-refractivity contribution in [2.45, 2.75) is 19.8 Å². The summed E-state index contributed by atoms with van der Waals surface area (Å²) >= 11 is 0. The number of hydrogen-bond acceptors (Lipinski definition) is 3. The maximum atomic E-state index is 10.7. The summed E-state index contributed by atoms with van der Waals surface area (Å²) in [4.78, 5) is 10.7. The van der Waals surface area contributed by atoms with Gasteiger partial charge in [-0.15, -0.1) is 0 Å². The van der Waals surface area contributed by atoms with E-state index in [-0.39, 0.29) is 0 Å². The summed E-state index contributed by atoms with van der Waals surface area (Å²) in [6, 6.07) is 0. The molecule has 72 valence electrons. The minimum atomic E-state index is -0.575. The van der Waals surface area contributed by atoms with Gasteiger partial charge in [-0.2, -0.15) is 0 Å². The van der Waals surface area contributed by atoms with Crippen LogP contribution < -0.4 is 0 Å². The van der Waals surface area contributed by atoms with Crippen LogP contribution in [-0.2, 0) is 9.47 Å². The molecule has 0 saturated carbocycles. The first-order valence-electron chi connectivity index (χ1n) is 4.47. The molecule has 0 saturated heterocycles. The fourth-order valence-electron chi connectivity index (χ4n) is 1.10. The summed E-state index contributed by atoms with van der Waals surface area (Å²) < 4.78 is 9.42. The molecule has 1 aliphatic carbocycles. The molecule has 0 radical (unpaired) electrons. The van der Waals surface area contributed by atoms with Gasteiger partial charge in [-0.25, -0.2) is 4.79 Å². The summed E-state index contributed by atoms with van der Waals surface area (Å²) in [6.07, 6.45) is 7.35. The molecular formula is C10H14O3. The Labute approximate surface area is 78.0 Å². The highest BCUT2D eigenvalue weighted by Crippen LogP contribution is 2.13. The average molecular weight is 182 g/mol. The molecule has 0 aromatic heterocycles. The summed E-state index contributed by atoms with van der Waals surface area (Å²) in [6.45, 7) is 2.53. The van der Waals surface area contributed by atoms with Gasteiger partial charge in [0.15, 0.2) is 0 Å². The molecule has 0 atom stereocenters. The maximum absolute atomic E-state index is 10.7. The molecule has 0 amide bonds. The molecule has 0 aromatic rings. The van der Waals surface area contributed by atoms with Crippen LogP contribution in [0.3, 0.4) is 0 Å². The normalized spacial score (nSPS) is 14.1. The van der Waals surface area contributed by atoms with Crippen LogP contribution in [0.15, 0.2) is 23.8 Å². The lowest BCUT2D eigenvalue weighted by Gasteiger charge is -2.04. The van der Waals surface area contributed by atoms with Crippen LogP contribution in [0.5, 0.6) is 0 Å². The number of carbonyl (C=O) groups excluding carboxylic acids is 1. The molecule has 0 unspecified atom stereocenters. The van der Waals surface area contributed by atoms with Gasteiger partial charge in [0.05, 0.1) is 13.2 Å². The van der Waals surface area contributed by atoms with Crippen LogP contribution >= 0.6 is 0 Å². The summed E-state index contributed by atoms with van der Waals surface area (Å²) in [7, 11) is 0. The smallest absolute Gasteiger partial charge is 0.435 e. The van der Waals surface area contributed by atoms with Gasteiger partial charge in [-0.3, -0.25) is 0 Å². The first-order chi connectivity index (χ1) is 6.33. The number of allylic oxidation sites excluding steroid dienone is 3. The van der Waals surface area contributed by atoms with Crippen molar-refractivity contribution in [2.24, 2.45) is 0 Å². The van der Waals surface area contributed by atoms with Crippen LogP contribution in [0, 0.1) is 0 Å². The summed E-state index contributed by atoms with van der Waals surface area (Å²) in [5, 5.41) is 0. The van der Waals surface area contributed by atoms with E-state index in [1.54, 1.807) is 6.92 Å². The molecule has 0 aliphatic heterocycles. The van der Waals surface area contributed by atoms with E-state index in [1.165, 1.54) is 5.57 Å². The summed E-state index contributed by atoms with van der Waals surface area (Å²) in [5.41, 5.74) is 1.30. The van der Waals surface area contributed by atoms with E-state index in [0.29, 0.717) is 13.2 Å². The van der Waals surface area contributed by atoms with Crippen molar-refractivity contribution in [3.05, 3.63) is 23.8 Å². The Kier molecular flexibility index (Phi) is 4.09. The van der Waals surface area contributed by atoms with E-state index < -0.39 is 6.16 Å². The number of carbonyl (C=O) groups is 1. The van der Waals surface area contributed by atoms with Crippen LogP contribution in [0.2, 0.25) is 0 Å². The Morgan fingerprint density at radius 3 is 3.00 bits per heavy atom. The van der Waals surface area contributed by atoms with Gasteiger partial charge in [-0.05, 0) is 13.3 Å². The van der Waals surface area contributed by atoms with Crippen molar-refractivity contribution < 1.29 is 14.3 Å². The topological polar surface area (TPSA) is 35.5 Å². The highest BCUT2D eigenvalue weighted by atomic mass is 16.7. The van der Waals surface area contributed by atoms with Gasteiger partial charge in [-0.1, -0.05) is 23.8 Å². The molecule has 1 aliphatic rings. The first kappa shape index (κ1) is 9.84. The predicted molar refractivity (Wildman–Crippen MR) is 49.4 cm³/mol. The van der Waals surface area contributed by atoms with Crippen molar-refractivity contribution in [1.29, 1.82) is 0 Å². The largest absolute Gasteiger partial charge is 0.508 e. The third-order valence-corrected chi connectivity index (χ3v) is 1.75. The van der Waals surface area contributed by atoms with Crippen molar-refractivity contribution in [2.75, 3.05) is 13.2 Å². The van der Waals surface area contributed by atoms with Crippen molar-refractivity contribution in [3.63, 3.8) is 0 Å². The lowest BCUT2D eigenvalue weighted by molar-refractivity contribution is 0.0599. The molecular weight excluding hydrogens is 168 g/mol. The van der Waals surface area contributed by atoms with E-state index in [1.807, 2.05) is 6.08 Å². The monoisotopic (exact) mass is 182 g/mol. The highest BCUT2D eigenvalue weighted by molar-refractivity contribution is 5.59. The molecule has 0 fully saturated rings. The SMILES string of the molecule is CCOC(=O)OCCC1=CC=CC1. The molecule has 0 N–H and O–H groups in total. The highest BCUT2D eigenvalue weighted by Gasteiger charge is 2.03. The van der Waals surface area contributed by atoms with E-state index in [2.05, 4.69) is 16.9 Å². The zero-order chi connectivity index (χ0) is 9.52. The number of ether oxygens (including phenoxy) is 2. The van der Waals surface area contributed by atoms with Crippen LogP contribution in [-0.4, -0.2) is 19.4 Å². The fourth-order valence-corrected chi connectivity index (χ4v) is 1.10. The van der Waals surface area contributed by atoms with Crippen LogP contribution in [0.4, 0.5) is 4.79 Å². The van der Waals surface area contributed by atoms with Crippen molar-refractivity contribution >= 4 is 6.16 Å². The third-order valence-electron chi connectivity index (χ3n) is 1.75. The quantitative estimate of drug-likeness (QED) is 0.626. The van der Waals surface area contributed by atoms with Gasteiger partial charge in [0.2, 0.25) is 0 Å². The number of rotatable bonds is 4. The Morgan fingerprint density at radius 2 is 2.38 bits per heavy atom. The second-order valence-corrected chi connectivity index (χ2v) is 2.74. The van der Waals surface area contributed by atoms with E-state index in [4.69, 9.17) is 4.74 Å². The molecule has 1 rings (SSSR count). The van der Waals surface area contributed by atoms with E-state index in [9.17, 15) is 4.79 Å². The predicted octanol–water partition coefficient (Wildman–Crippen LogP) is 2.44. The Morgan fingerprint density at radius 1 is 1.54 bits per heavy atom. The molecule has 3 nitrogen and oxygen atoms in total. The minimum absolute atomic E-state index is 0.364. The third kappa shape index (κ3) is 3.78. The van der Waals surface area contributed by atoms with Crippen molar-refractivity contribution in [1.82, 2.24) is 0 Å². The van der Waals surface area contributed by atoms with Gasteiger partial charge >= 0.3 is 6.16 Å². The van der Waals surface area contributed by atoms with Gasteiger partial charge < -0.3 is 9.47 Å². The van der Waals surface area contributed by atoms with Gasteiger partial charge in [0.25, 0.3) is 0 Å².